The number of halogens is 1. The Bertz CT molecular complexity index is 104. The van der Waals surface area contributed by atoms with Crippen LogP contribution in [0.15, 0.2) is 0 Å². The van der Waals surface area contributed by atoms with Crippen LogP contribution < -0.4 is 0 Å². The average molecular weight is 236 g/mol. The van der Waals surface area contributed by atoms with Gasteiger partial charge in [-0.3, -0.25) is 0 Å². The van der Waals surface area contributed by atoms with Crippen LogP contribution in [0.5, 0.6) is 0 Å². The Labute approximate surface area is 85.7 Å². The standard InChI is InChI=1S/C10H22BrN/c1-9(2)12(4)8-6-10(3)5-7-11/h9-10H,5-8H2,1-4H3. The molecule has 0 radical (unpaired) electrons. The van der Waals surface area contributed by atoms with Crippen LogP contribution in [-0.2, 0) is 0 Å². The molecule has 0 aliphatic heterocycles. The van der Waals surface area contributed by atoms with Crippen molar-refractivity contribution in [2.24, 2.45) is 5.92 Å². The van der Waals surface area contributed by atoms with Gasteiger partial charge in [0.05, 0.1) is 0 Å². The van der Waals surface area contributed by atoms with Crippen molar-refractivity contribution in [2.75, 3.05) is 18.9 Å². The number of hydrogen-bond donors (Lipinski definition) is 0. The Kier molecular flexibility index (Phi) is 7.16. The first kappa shape index (κ1) is 12.4. The van der Waals surface area contributed by atoms with E-state index in [1.54, 1.807) is 0 Å². The minimum absolute atomic E-state index is 0.682. The summed E-state index contributed by atoms with van der Waals surface area (Å²) in [5.41, 5.74) is 0. The van der Waals surface area contributed by atoms with Crippen LogP contribution in [0.3, 0.4) is 0 Å². The quantitative estimate of drug-likeness (QED) is 0.640. The molecule has 12 heavy (non-hydrogen) atoms. The molecule has 0 aromatic carbocycles. The highest BCUT2D eigenvalue weighted by Gasteiger charge is 2.05. The first-order valence-corrected chi connectivity index (χ1v) is 5.96. The van der Waals surface area contributed by atoms with E-state index < -0.39 is 0 Å². The van der Waals surface area contributed by atoms with Crippen molar-refractivity contribution in [2.45, 2.75) is 39.7 Å². The van der Waals surface area contributed by atoms with E-state index in [-0.39, 0.29) is 0 Å². The van der Waals surface area contributed by atoms with E-state index in [9.17, 15) is 0 Å². The minimum atomic E-state index is 0.682. The molecule has 0 aromatic heterocycles. The van der Waals surface area contributed by atoms with Gasteiger partial charge in [-0.1, -0.05) is 22.9 Å². The molecule has 0 aliphatic carbocycles. The topological polar surface area (TPSA) is 3.24 Å². The summed E-state index contributed by atoms with van der Waals surface area (Å²) in [6.07, 6.45) is 2.62. The molecule has 0 amide bonds. The highest BCUT2D eigenvalue weighted by molar-refractivity contribution is 9.09. The first-order chi connectivity index (χ1) is 5.57. The fraction of sp³-hybridized carbons (Fsp3) is 1.00. The van der Waals surface area contributed by atoms with Gasteiger partial charge in [-0.2, -0.15) is 0 Å². The maximum atomic E-state index is 3.47. The monoisotopic (exact) mass is 235 g/mol. The van der Waals surface area contributed by atoms with Gasteiger partial charge in [0.1, 0.15) is 0 Å². The number of hydrogen-bond acceptors (Lipinski definition) is 1. The second-order valence-corrected chi connectivity index (χ2v) is 4.74. The summed E-state index contributed by atoms with van der Waals surface area (Å²) in [5.74, 6) is 0.852. The minimum Gasteiger partial charge on any atom is -0.304 e. The van der Waals surface area contributed by atoms with Crippen LogP contribution in [0.2, 0.25) is 0 Å². The smallest absolute Gasteiger partial charge is 0.00355 e. The number of nitrogens with zero attached hydrogens (tertiary/aromatic N) is 1. The van der Waals surface area contributed by atoms with Gasteiger partial charge >= 0.3 is 0 Å². The highest BCUT2D eigenvalue weighted by Crippen LogP contribution is 2.10. The summed E-state index contributed by atoms with van der Waals surface area (Å²) in [6.45, 7) is 8.05. The zero-order valence-electron chi connectivity index (χ0n) is 8.81. The van der Waals surface area contributed by atoms with Gasteiger partial charge in [-0.25, -0.2) is 0 Å². The molecule has 1 atom stereocenters. The lowest BCUT2D eigenvalue weighted by molar-refractivity contribution is 0.253. The molecular weight excluding hydrogens is 214 g/mol. The number of rotatable bonds is 6. The normalized spacial score (nSPS) is 14.2. The summed E-state index contributed by atoms with van der Waals surface area (Å²) in [7, 11) is 2.20. The third kappa shape index (κ3) is 6.01. The second-order valence-electron chi connectivity index (χ2n) is 3.95. The zero-order valence-corrected chi connectivity index (χ0v) is 10.4. The molecule has 0 rings (SSSR count). The van der Waals surface area contributed by atoms with Crippen molar-refractivity contribution in [3.63, 3.8) is 0 Å². The molecule has 2 heteroatoms. The fourth-order valence-corrected chi connectivity index (χ4v) is 1.79. The molecule has 0 spiro atoms. The third-order valence-corrected chi connectivity index (χ3v) is 2.92. The Morgan fingerprint density at radius 2 is 1.75 bits per heavy atom. The highest BCUT2D eigenvalue weighted by atomic mass is 79.9. The average Bonchev–Trinajstić information content (AvgIpc) is 2.00. The summed E-state index contributed by atoms with van der Waals surface area (Å²) < 4.78 is 0. The van der Waals surface area contributed by atoms with Gasteiger partial charge < -0.3 is 4.90 Å². The van der Waals surface area contributed by atoms with Crippen LogP contribution >= 0.6 is 15.9 Å². The van der Waals surface area contributed by atoms with Crippen molar-refractivity contribution in [1.29, 1.82) is 0 Å². The van der Waals surface area contributed by atoms with Gasteiger partial charge in [0.15, 0.2) is 0 Å². The van der Waals surface area contributed by atoms with E-state index >= 15 is 0 Å². The maximum Gasteiger partial charge on any atom is 0.00355 e. The molecular formula is C10H22BrN. The fourth-order valence-electron chi connectivity index (χ4n) is 1.01. The maximum absolute atomic E-state index is 3.47. The van der Waals surface area contributed by atoms with Crippen molar-refractivity contribution in [3.05, 3.63) is 0 Å². The van der Waals surface area contributed by atoms with E-state index in [1.165, 1.54) is 19.4 Å². The van der Waals surface area contributed by atoms with Gasteiger partial charge in [-0.05, 0) is 46.2 Å². The van der Waals surface area contributed by atoms with Crippen LogP contribution in [0.4, 0.5) is 0 Å². The van der Waals surface area contributed by atoms with E-state index in [4.69, 9.17) is 0 Å². The van der Waals surface area contributed by atoms with Crippen molar-refractivity contribution in [1.82, 2.24) is 4.90 Å². The molecule has 0 saturated heterocycles. The lowest BCUT2D eigenvalue weighted by Crippen LogP contribution is -2.28. The molecule has 0 N–H and O–H groups in total. The van der Waals surface area contributed by atoms with Gasteiger partial charge in [0, 0.05) is 11.4 Å². The lowest BCUT2D eigenvalue weighted by atomic mass is 10.1. The Morgan fingerprint density at radius 1 is 1.17 bits per heavy atom. The predicted octanol–water partition coefficient (Wildman–Crippen LogP) is 3.14. The van der Waals surface area contributed by atoms with E-state index in [0.717, 1.165) is 11.2 Å². The summed E-state index contributed by atoms with van der Waals surface area (Å²) >= 11 is 3.47. The Morgan fingerprint density at radius 3 is 2.17 bits per heavy atom. The molecule has 1 nitrogen and oxygen atoms in total. The van der Waals surface area contributed by atoms with E-state index in [0.29, 0.717) is 6.04 Å². The van der Waals surface area contributed by atoms with Gasteiger partial charge in [0.25, 0.3) is 0 Å². The number of alkyl halides is 1. The van der Waals surface area contributed by atoms with Crippen molar-refractivity contribution >= 4 is 15.9 Å². The van der Waals surface area contributed by atoms with E-state index in [1.807, 2.05) is 0 Å². The Hall–Kier alpha value is 0.440. The summed E-state index contributed by atoms with van der Waals surface area (Å²) in [4.78, 5) is 2.41. The molecule has 0 aliphatic rings. The summed E-state index contributed by atoms with van der Waals surface area (Å²) in [6, 6.07) is 0.682. The third-order valence-electron chi connectivity index (χ3n) is 2.46. The Balaban J connectivity index is 3.40. The van der Waals surface area contributed by atoms with Crippen LogP contribution in [0, 0.1) is 5.92 Å². The molecule has 0 heterocycles. The van der Waals surface area contributed by atoms with Crippen LogP contribution in [0.25, 0.3) is 0 Å². The predicted molar refractivity (Wildman–Crippen MR) is 60.0 cm³/mol. The molecule has 1 unspecified atom stereocenters. The summed E-state index contributed by atoms with van der Waals surface area (Å²) in [5, 5.41) is 1.14. The van der Waals surface area contributed by atoms with Crippen molar-refractivity contribution < 1.29 is 0 Å². The van der Waals surface area contributed by atoms with Crippen LogP contribution in [0.1, 0.15) is 33.6 Å². The SMILES string of the molecule is CC(CCBr)CCN(C)C(C)C. The van der Waals surface area contributed by atoms with Gasteiger partial charge in [0.2, 0.25) is 0 Å². The van der Waals surface area contributed by atoms with E-state index in [2.05, 4.69) is 48.6 Å². The largest absolute Gasteiger partial charge is 0.304 e. The lowest BCUT2D eigenvalue weighted by Gasteiger charge is -2.22. The zero-order chi connectivity index (χ0) is 9.56. The molecule has 0 saturated carbocycles. The molecule has 0 fully saturated rings. The molecule has 0 bridgehead atoms. The molecule has 74 valence electrons. The molecule has 0 aromatic rings. The van der Waals surface area contributed by atoms with Crippen molar-refractivity contribution in [3.8, 4) is 0 Å². The van der Waals surface area contributed by atoms with Gasteiger partial charge in [-0.15, -0.1) is 0 Å². The first-order valence-electron chi connectivity index (χ1n) is 4.84. The van der Waals surface area contributed by atoms with Crippen LogP contribution in [-0.4, -0.2) is 29.9 Å². The second kappa shape index (κ2) is 6.90.